The monoisotopic (exact) mass is 486 g/mol. The van der Waals surface area contributed by atoms with Crippen molar-refractivity contribution in [1.29, 1.82) is 0 Å². The summed E-state index contributed by atoms with van der Waals surface area (Å²) in [7, 11) is 0. The Morgan fingerprint density at radius 2 is 1.06 bits per heavy atom. The Morgan fingerprint density at radius 1 is 0.688 bits per heavy atom. The molecule has 0 aliphatic rings. The number of hydrogen-bond acceptors (Lipinski definition) is 7. The van der Waals surface area contributed by atoms with E-state index in [4.69, 9.17) is 9.84 Å². The van der Waals surface area contributed by atoms with E-state index in [0.717, 1.165) is 0 Å². The molecule has 0 amide bonds. The molecule has 0 aromatic heterocycles. The number of carbonyl (C=O) groups excluding carboxylic acids is 3. The van der Waals surface area contributed by atoms with E-state index in [-0.39, 0.29) is 126 Å². The molecule has 0 heterocycles. The zero-order chi connectivity index (χ0) is 22.4. The zero-order valence-corrected chi connectivity index (χ0v) is 24.4. The van der Waals surface area contributed by atoms with Crippen LogP contribution in [0, 0.1) is 0 Å². The number of hydrogen-bond donors (Lipinski definition) is 1. The standard InChI is InChI=1S/C9H10O3.2C7H6O2.2K/c1-2-12-9(11)7-3-5-8(10)6-4-7;2*8-7(9)6-4-2-1-3-5-6;;/h3-6,10H,2H2,1H3;2*1-5H,(H,8,9);;/q;;;2*+1/p-2. The quantitative estimate of drug-likeness (QED) is 0.292. The molecule has 0 radical (unpaired) electrons. The number of phenolic OH excluding ortho intramolecular Hbond substituents is 1. The number of phenols is 1. The van der Waals surface area contributed by atoms with Gasteiger partial charge in [-0.1, -0.05) is 60.7 Å². The van der Waals surface area contributed by atoms with Crippen molar-refractivity contribution < 1.29 is 137 Å². The normalized spacial score (nSPS) is 8.53. The molecule has 3 aromatic carbocycles. The second-order valence-electron chi connectivity index (χ2n) is 5.57. The van der Waals surface area contributed by atoms with Crippen molar-refractivity contribution in [2.75, 3.05) is 6.61 Å². The number of carboxylic acids is 2. The van der Waals surface area contributed by atoms with E-state index < -0.39 is 11.9 Å². The molecular formula is C23H20K2O7. The number of carboxylic acid groups (broad SMARTS) is 2. The van der Waals surface area contributed by atoms with Crippen molar-refractivity contribution in [2.24, 2.45) is 0 Å². The van der Waals surface area contributed by atoms with E-state index >= 15 is 0 Å². The average Bonchev–Trinajstić information content (AvgIpc) is 2.76. The van der Waals surface area contributed by atoms with Crippen molar-refractivity contribution >= 4 is 17.9 Å². The van der Waals surface area contributed by atoms with Crippen LogP contribution in [0.4, 0.5) is 0 Å². The van der Waals surface area contributed by atoms with Gasteiger partial charge in [0, 0.05) is 0 Å². The van der Waals surface area contributed by atoms with Crippen molar-refractivity contribution in [3.8, 4) is 5.75 Å². The van der Waals surface area contributed by atoms with Gasteiger partial charge in [-0.2, -0.15) is 0 Å². The Kier molecular flexibility index (Phi) is 20.4. The van der Waals surface area contributed by atoms with Gasteiger partial charge in [0.05, 0.1) is 24.1 Å². The molecule has 0 unspecified atom stereocenters. The first kappa shape index (κ1) is 33.3. The topological polar surface area (TPSA) is 127 Å². The summed E-state index contributed by atoms with van der Waals surface area (Å²) in [6.07, 6.45) is 0. The van der Waals surface area contributed by atoms with Crippen LogP contribution in [-0.4, -0.2) is 29.6 Å². The fourth-order valence-corrected chi connectivity index (χ4v) is 1.96. The minimum atomic E-state index is -1.13. The first-order chi connectivity index (χ1) is 14.3. The maximum atomic E-state index is 11.1. The summed E-state index contributed by atoms with van der Waals surface area (Å²) >= 11 is 0. The summed E-state index contributed by atoms with van der Waals surface area (Å²) in [6, 6.07) is 22.1. The predicted molar refractivity (Wildman–Crippen MR) is 106 cm³/mol. The van der Waals surface area contributed by atoms with E-state index in [1.807, 2.05) is 0 Å². The van der Waals surface area contributed by atoms with Gasteiger partial charge < -0.3 is 29.6 Å². The fourth-order valence-electron chi connectivity index (χ4n) is 1.96. The minimum Gasteiger partial charge on any atom is -0.545 e. The molecule has 3 rings (SSSR count). The Bertz CT molecular complexity index is 882. The SMILES string of the molecule is CCOC(=O)c1ccc(O)cc1.O=C([O-])c1ccccc1.O=C([O-])c1ccccc1.[K+].[K+]. The molecule has 9 heteroatoms. The van der Waals surface area contributed by atoms with Crippen LogP contribution in [0.2, 0.25) is 0 Å². The molecule has 0 aliphatic heterocycles. The third-order valence-corrected chi connectivity index (χ3v) is 3.40. The summed E-state index contributed by atoms with van der Waals surface area (Å²) in [5, 5.41) is 29.1. The number of carbonyl (C=O) groups is 3. The van der Waals surface area contributed by atoms with Gasteiger partial charge in [0.1, 0.15) is 5.75 Å². The molecule has 156 valence electrons. The number of aromatic hydroxyl groups is 1. The second kappa shape index (κ2) is 19.6. The van der Waals surface area contributed by atoms with Crippen LogP contribution in [0.3, 0.4) is 0 Å². The number of ether oxygens (including phenoxy) is 1. The average molecular weight is 487 g/mol. The second-order valence-corrected chi connectivity index (χ2v) is 5.57. The molecule has 0 atom stereocenters. The van der Waals surface area contributed by atoms with Crippen LogP contribution in [0.5, 0.6) is 5.75 Å². The summed E-state index contributed by atoms with van der Waals surface area (Å²) in [5.41, 5.74) is 0.893. The summed E-state index contributed by atoms with van der Waals surface area (Å²) < 4.78 is 4.75. The first-order valence-electron chi connectivity index (χ1n) is 8.84. The Labute approximate surface area is 271 Å². The van der Waals surface area contributed by atoms with E-state index in [0.29, 0.717) is 12.2 Å². The third-order valence-electron chi connectivity index (χ3n) is 3.40. The van der Waals surface area contributed by atoms with E-state index in [1.54, 1.807) is 43.3 Å². The number of benzene rings is 3. The van der Waals surface area contributed by atoms with E-state index in [9.17, 15) is 24.6 Å². The summed E-state index contributed by atoms with van der Waals surface area (Å²) in [4.78, 5) is 31.2. The van der Waals surface area contributed by atoms with Crippen LogP contribution in [0.15, 0.2) is 84.9 Å². The molecule has 0 aliphatic carbocycles. The largest absolute Gasteiger partial charge is 1.00 e. The van der Waals surface area contributed by atoms with Crippen molar-refractivity contribution in [3.63, 3.8) is 0 Å². The minimum absolute atomic E-state index is 0. The summed E-state index contributed by atoms with van der Waals surface area (Å²) in [5.74, 6) is -2.48. The molecular weight excluding hydrogens is 466 g/mol. The van der Waals surface area contributed by atoms with Crippen molar-refractivity contribution in [1.82, 2.24) is 0 Å². The van der Waals surface area contributed by atoms with Crippen LogP contribution < -0.4 is 113 Å². The molecule has 0 saturated carbocycles. The number of rotatable bonds is 4. The molecule has 1 N–H and O–H groups in total. The molecule has 7 nitrogen and oxygen atoms in total. The number of aromatic carboxylic acids is 2. The Hall–Kier alpha value is -0.857. The maximum absolute atomic E-state index is 11.1. The third kappa shape index (κ3) is 14.3. The van der Waals surface area contributed by atoms with Gasteiger partial charge in [0.25, 0.3) is 0 Å². The molecule has 0 spiro atoms. The molecule has 0 bridgehead atoms. The van der Waals surface area contributed by atoms with Gasteiger partial charge >= 0.3 is 109 Å². The summed E-state index contributed by atoms with van der Waals surface area (Å²) in [6.45, 7) is 2.11. The molecule has 0 fully saturated rings. The van der Waals surface area contributed by atoms with Crippen molar-refractivity contribution in [2.45, 2.75) is 6.92 Å². The number of esters is 1. The first-order valence-corrected chi connectivity index (χ1v) is 8.84. The zero-order valence-electron chi connectivity index (χ0n) is 18.2. The van der Waals surface area contributed by atoms with Gasteiger partial charge in [-0.3, -0.25) is 0 Å². The van der Waals surface area contributed by atoms with Gasteiger partial charge in [-0.25, -0.2) is 4.79 Å². The smallest absolute Gasteiger partial charge is 0.545 e. The Balaban J connectivity index is 0. The fraction of sp³-hybridized carbons (Fsp3) is 0.0870. The van der Waals surface area contributed by atoms with Crippen LogP contribution in [0.1, 0.15) is 38.0 Å². The molecule has 0 saturated heterocycles. The van der Waals surface area contributed by atoms with Crippen LogP contribution >= 0.6 is 0 Å². The van der Waals surface area contributed by atoms with E-state index in [1.165, 1.54) is 48.5 Å². The molecule has 3 aromatic rings. The maximum Gasteiger partial charge on any atom is 1.00 e. The van der Waals surface area contributed by atoms with Crippen LogP contribution in [0.25, 0.3) is 0 Å². The predicted octanol–water partition coefficient (Wildman–Crippen LogP) is -4.32. The van der Waals surface area contributed by atoms with Gasteiger partial charge in [-0.15, -0.1) is 0 Å². The van der Waals surface area contributed by atoms with E-state index in [2.05, 4.69) is 0 Å². The van der Waals surface area contributed by atoms with Gasteiger partial charge in [0.2, 0.25) is 0 Å². The van der Waals surface area contributed by atoms with Crippen molar-refractivity contribution in [3.05, 3.63) is 102 Å². The Morgan fingerprint density at radius 3 is 1.34 bits per heavy atom. The molecule has 32 heavy (non-hydrogen) atoms. The van der Waals surface area contributed by atoms with Gasteiger partial charge in [-0.05, 0) is 42.3 Å². The van der Waals surface area contributed by atoms with Gasteiger partial charge in [0.15, 0.2) is 0 Å². The van der Waals surface area contributed by atoms with Crippen LogP contribution in [-0.2, 0) is 4.74 Å².